The smallest absolute Gasteiger partial charge is 0.294 e. The second kappa shape index (κ2) is 9.99. The van der Waals surface area contributed by atoms with Crippen molar-refractivity contribution in [3.63, 3.8) is 0 Å². The molecule has 1 aliphatic rings. The lowest BCUT2D eigenvalue weighted by atomic mass is 10.2. The lowest BCUT2D eigenvalue weighted by Gasteiger charge is -2.12. The van der Waals surface area contributed by atoms with E-state index in [1.165, 1.54) is 7.11 Å². The third-order valence-electron chi connectivity index (χ3n) is 4.35. The Bertz CT molecular complexity index is 1050. The molecule has 160 valence electrons. The quantitative estimate of drug-likeness (QED) is 0.490. The number of ether oxygens (including phenoxy) is 2. The number of benzene rings is 2. The summed E-state index contributed by atoms with van der Waals surface area (Å²) in [5.74, 6) is 0.0746. The van der Waals surface area contributed by atoms with E-state index in [-0.39, 0.29) is 11.4 Å². The average Bonchev–Trinajstić information content (AvgIpc) is 3.01. The molecule has 2 aromatic rings. The highest BCUT2D eigenvalue weighted by molar-refractivity contribution is 8.18. The first-order valence-corrected chi connectivity index (χ1v) is 10.3. The number of nitrogens with zero attached hydrogens (tertiary/aromatic N) is 1. The third kappa shape index (κ3) is 5.55. The molecular formula is C23H22N2O5S. The lowest BCUT2D eigenvalue weighted by molar-refractivity contribution is -0.127. The predicted molar refractivity (Wildman–Crippen MR) is 121 cm³/mol. The van der Waals surface area contributed by atoms with Crippen molar-refractivity contribution in [2.24, 2.45) is 0 Å². The number of hydrogen-bond acceptors (Lipinski definition) is 6. The van der Waals surface area contributed by atoms with Gasteiger partial charge in [-0.1, -0.05) is 36.4 Å². The summed E-state index contributed by atoms with van der Waals surface area (Å²) in [6.45, 7) is 5.53. The highest BCUT2D eigenvalue weighted by Gasteiger charge is 2.36. The molecule has 7 nitrogen and oxygen atoms in total. The standard InChI is InChI=1S/C23H22N2O5S/c1-4-11-30-18-10-7-16(12-19(18)29-3)13-20-22(27)25(23(28)31-20)14-21(26)24-17-8-5-15(2)6-9-17/h4-10,12-13H,1,11,14H2,2-3H3,(H,24,26)/b20-13+. The Balaban J connectivity index is 1.70. The number of thioether (sulfide) groups is 1. The number of nitrogens with one attached hydrogen (secondary N) is 1. The van der Waals surface area contributed by atoms with E-state index in [0.717, 1.165) is 22.2 Å². The van der Waals surface area contributed by atoms with Crippen molar-refractivity contribution in [1.82, 2.24) is 4.90 Å². The fourth-order valence-electron chi connectivity index (χ4n) is 2.81. The Kier molecular flexibility index (Phi) is 7.15. The fraction of sp³-hybridized carbons (Fsp3) is 0.174. The molecule has 31 heavy (non-hydrogen) atoms. The molecule has 1 aliphatic heterocycles. The number of carbonyl (C=O) groups is 3. The summed E-state index contributed by atoms with van der Waals surface area (Å²) in [6, 6.07) is 12.4. The van der Waals surface area contributed by atoms with Gasteiger partial charge in [0, 0.05) is 5.69 Å². The molecule has 3 rings (SSSR count). The van der Waals surface area contributed by atoms with E-state index >= 15 is 0 Å². The SMILES string of the molecule is C=CCOc1ccc(/C=C2/SC(=O)N(CC(=O)Nc3ccc(C)cc3)C2=O)cc1OC. The molecule has 0 saturated carbocycles. The van der Waals surface area contributed by atoms with Crippen molar-refractivity contribution in [2.75, 3.05) is 25.6 Å². The molecule has 1 heterocycles. The predicted octanol–water partition coefficient (Wildman–Crippen LogP) is 4.24. The Morgan fingerprint density at radius 1 is 1.16 bits per heavy atom. The second-order valence-corrected chi connectivity index (χ2v) is 7.69. The number of methoxy groups -OCH3 is 1. The zero-order chi connectivity index (χ0) is 22.4. The molecule has 2 aromatic carbocycles. The van der Waals surface area contributed by atoms with Gasteiger partial charge >= 0.3 is 0 Å². The van der Waals surface area contributed by atoms with E-state index in [0.29, 0.717) is 29.4 Å². The van der Waals surface area contributed by atoms with Gasteiger partial charge in [0.1, 0.15) is 13.2 Å². The van der Waals surface area contributed by atoms with Crippen LogP contribution < -0.4 is 14.8 Å². The van der Waals surface area contributed by atoms with Gasteiger partial charge in [-0.2, -0.15) is 0 Å². The van der Waals surface area contributed by atoms with Crippen LogP contribution in [0.4, 0.5) is 10.5 Å². The van der Waals surface area contributed by atoms with Gasteiger partial charge in [-0.3, -0.25) is 19.3 Å². The second-order valence-electron chi connectivity index (χ2n) is 6.69. The summed E-state index contributed by atoms with van der Waals surface area (Å²) in [5, 5.41) is 2.20. The molecule has 0 bridgehead atoms. The van der Waals surface area contributed by atoms with Crippen LogP contribution in [0.15, 0.2) is 60.0 Å². The van der Waals surface area contributed by atoms with Gasteiger partial charge in [-0.05, 0) is 54.6 Å². The summed E-state index contributed by atoms with van der Waals surface area (Å²) >= 11 is 0.792. The first kappa shape index (κ1) is 22.2. The molecule has 0 spiro atoms. The van der Waals surface area contributed by atoms with Gasteiger partial charge in [-0.15, -0.1) is 0 Å². The highest BCUT2D eigenvalue weighted by Crippen LogP contribution is 2.34. The van der Waals surface area contributed by atoms with Crippen molar-refractivity contribution in [2.45, 2.75) is 6.92 Å². The topological polar surface area (TPSA) is 84.9 Å². The number of amides is 3. The Hall–Kier alpha value is -3.52. The number of aryl methyl sites for hydroxylation is 1. The van der Waals surface area contributed by atoms with E-state index in [1.54, 1.807) is 42.5 Å². The average molecular weight is 439 g/mol. The maximum absolute atomic E-state index is 12.7. The molecule has 0 radical (unpaired) electrons. The Morgan fingerprint density at radius 3 is 2.58 bits per heavy atom. The minimum atomic E-state index is -0.514. The minimum absolute atomic E-state index is 0.231. The van der Waals surface area contributed by atoms with E-state index in [2.05, 4.69) is 11.9 Å². The first-order chi connectivity index (χ1) is 14.9. The number of hydrogen-bond donors (Lipinski definition) is 1. The van der Waals surface area contributed by atoms with Gasteiger partial charge in [0.2, 0.25) is 5.91 Å². The maximum Gasteiger partial charge on any atom is 0.294 e. The molecule has 0 aliphatic carbocycles. The first-order valence-electron chi connectivity index (χ1n) is 9.45. The van der Waals surface area contributed by atoms with Gasteiger partial charge in [-0.25, -0.2) is 0 Å². The Morgan fingerprint density at radius 2 is 1.90 bits per heavy atom. The van der Waals surface area contributed by atoms with Crippen LogP contribution in [0.2, 0.25) is 0 Å². The van der Waals surface area contributed by atoms with Crippen LogP contribution in [0.25, 0.3) is 6.08 Å². The van der Waals surface area contributed by atoms with E-state index in [9.17, 15) is 14.4 Å². The summed E-state index contributed by atoms with van der Waals surface area (Å²) in [6.07, 6.45) is 3.21. The zero-order valence-electron chi connectivity index (χ0n) is 17.2. The summed E-state index contributed by atoms with van der Waals surface area (Å²) in [5.41, 5.74) is 2.33. The van der Waals surface area contributed by atoms with Crippen LogP contribution in [0.3, 0.4) is 0 Å². The highest BCUT2D eigenvalue weighted by atomic mass is 32.2. The Labute approximate surface area is 184 Å². The van der Waals surface area contributed by atoms with Crippen molar-refractivity contribution in [3.05, 3.63) is 71.2 Å². The molecule has 0 unspecified atom stereocenters. The molecule has 8 heteroatoms. The van der Waals surface area contributed by atoms with Gasteiger partial charge in [0.05, 0.1) is 12.0 Å². The monoisotopic (exact) mass is 438 g/mol. The number of anilines is 1. The summed E-state index contributed by atoms with van der Waals surface area (Å²) < 4.78 is 10.8. The maximum atomic E-state index is 12.7. The van der Waals surface area contributed by atoms with Crippen molar-refractivity contribution in [3.8, 4) is 11.5 Å². The molecule has 0 atom stereocenters. The molecule has 3 amide bonds. The van der Waals surface area contributed by atoms with Crippen molar-refractivity contribution in [1.29, 1.82) is 0 Å². The molecule has 1 saturated heterocycles. The van der Waals surface area contributed by atoms with Gasteiger partial charge in [0.25, 0.3) is 11.1 Å². The molecule has 1 fully saturated rings. The van der Waals surface area contributed by atoms with Crippen LogP contribution in [-0.2, 0) is 9.59 Å². The van der Waals surface area contributed by atoms with Crippen LogP contribution >= 0.6 is 11.8 Å². The van der Waals surface area contributed by atoms with Crippen LogP contribution in [0.1, 0.15) is 11.1 Å². The fourth-order valence-corrected chi connectivity index (χ4v) is 3.65. The van der Waals surface area contributed by atoms with Crippen molar-refractivity contribution < 1.29 is 23.9 Å². The number of carbonyl (C=O) groups excluding carboxylic acids is 3. The van der Waals surface area contributed by atoms with Gasteiger partial charge in [0.15, 0.2) is 11.5 Å². The van der Waals surface area contributed by atoms with E-state index in [4.69, 9.17) is 9.47 Å². The van der Waals surface area contributed by atoms with Crippen LogP contribution in [0.5, 0.6) is 11.5 Å². The third-order valence-corrected chi connectivity index (χ3v) is 5.26. The zero-order valence-corrected chi connectivity index (χ0v) is 18.0. The lowest BCUT2D eigenvalue weighted by Crippen LogP contribution is -2.36. The van der Waals surface area contributed by atoms with E-state index in [1.807, 2.05) is 19.1 Å². The molecule has 0 aromatic heterocycles. The summed E-state index contributed by atoms with van der Waals surface area (Å²) in [7, 11) is 1.51. The summed E-state index contributed by atoms with van der Waals surface area (Å²) in [4.78, 5) is 38.4. The van der Waals surface area contributed by atoms with Crippen molar-refractivity contribution >= 4 is 40.6 Å². The van der Waals surface area contributed by atoms with Gasteiger partial charge < -0.3 is 14.8 Å². The van der Waals surface area contributed by atoms with E-state index < -0.39 is 17.1 Å². The largest absolute Gasteiger partial charge is 0.493 e. The van der Waals surface area contributed by atoms with Crippen LogP contribution in [0, 0.1) is 6.92 Å². The molecular weight excluding hydrogens is 416 g/mol. The number of rotatable bonds is 8. The van der Waals surface area contributed by atoms with Crippen LogP contribution in [-0.4, -0.2) is 42.2 Å². The normalized spacial score (nSPS) is 14.6. The molecule has 1 N–H and O–H groups in total. The number of imide groups is 1. The minimum Gasteiger partial charge on any atom is -0.493 e.